The minimum absolute atomic E-state index is 0.198. The number of amides is 1. The first kappa shape index (κ1) is 21.7. The highest BCUT2D eigenvalue weighted by molar-refractivity contribution is 9.10. The van der Waals surface area contributed by atoms with Gasteiger partial charge in [0.05, 0.1) is 22.8 Å². The van der Waals surface area contributed by atoms with Gasteiger partial charge in [0.25, 0.3) is 5.91 Å². The number of hydrogen-bond donors (Lipinski definition) is 2. The van der Waals surface area contributed by atoms with Crippen LogP contribution in [0.15, 0.2) is 41.1 Å². The molecule has 0 radical (unpaired) electrons. The summed E-state index contributed by atoms with van der Waals surface area (Å²) in [5, 5.41) is 20.6. The van der Waals surface area contributed by atoms with Crippen LogP contribution < -0.4 is 10.6 Å². The van der Waals surface area contributed by atoms with Crippen molar-refractivity contribution in [1.82, 2.24) is 15.1 Å². The van der Waals surface area contributed by atoms with Crippen LogP contribution in [-0.2, 0) is 19.4 Å². The highest BCUT2D eigenvalue weighted by Gasteiger charge is 2.20. The van der Waals surface area contributed by atoms with Crippen molar-refractivity contribution in [2.45, 2.75) is 38.6 Å². The third-order valence-corrected chi connectivity index (χ3v) is 6.97. The number of thiocarbonyl (C=S) groups is 1. The van der Waals surface area contributed by atoms with Gasteiger partial charge in [0.2, 0.25) is 0 Å². The lowest BCUT2D eigenvalue weighted by Crippen LogP contribution is -2.34. The molecule has 4 rings (SSSR count). The van der Waals surface area contributed by atoms with E-state index in [9.17, 15) is 10.1 Å². The Bertz CT molecular complexity index is 1160. The van der Waals surface area contributed by atoms with E-state index in [2.05, 4.69) is 37.7 Å². The average Bonchev–Trinajstić information content (AvgIpc) is 3.22. The second-order valence-corrected chi connectivity index (χ2v) is 9.77. The van der Waals surface area contributed by atoms with Gasteiger partial charge in [0, 0.05) is 16.6 Å². The van der Waals surface area contributed by atoms with E-state index >= 15 is 0 Å². The normalized spacial score (nSPS) is 13.0. The molecule has 1 aliphatic rings. The van der Waals surface area contributed by atoms with Gasteiger partial charge in [-0.2, -0.15) is 10.4 Å². The van der Waals surface area contributed by atoms with Crippen LogP contribution in [0.2, 0.25) is 0 Å². The second-order valence-electron chi connectivity index (χ2n) is 7.34. The van der Waals surface area contributed by atoms with E-state index in [-0.39, 0.29) is 11.0 Å². The third-order valence-electron chi connectivity index (χ3n) is 5.15. The first-order chi connectivity index (χ1) is 15.0. The van der Waals surface area contributed by atoms with Crippen molar-refractivity contribution in [3.8, 4) is 6.07 Å². The smallest absolute Gasteiger partial charge is 0.257 e. The first-order valence-corrected chi connectivity index (χ1v) is 12.0. The fourth-order valence-electron chi connectivity index (χ4n) is 3.63. The minimum Gasteiger partial charge on any atom is -0.323 e. The molecule has 2 heterocycles. The van der Waals surface area contributed by atoms with E-state index in [1.54, 1.807) is 29.7 Å². The van der Waals surface area contributed by atoms with Crippen molar-refractivity contribution in [2.75, 3.05) is 5.32 Å². The number of carbonyl (C=O) groups excluding carboxylic acids is 1. The highest BCUT2D eigenvalue weighted by atomic mass is 79.9. The molecule has 6 nitrogen and oxygen atoms in total. The monoisotopic (exact) mass is 513 g/mol. The predicted molar refractivity (Wildman–Crippen MR) is 129 cm³/mol. The van der Waals surface area contributed by atoms with Gasteiger partial charge < -0.3 is 5.32 Å². The summed E-state index contributed by atoms with van der Waals surface area (Å²) >= 11 is 10.3. The number of anilines is 1. The van der Waals surface area contributed by atoms with Gasteiger partial charge >= 0.3 is 0 Å². The lowest BCUT2D eigenvalue weighted by Gasteiger charge is -2.09. The molecule has 0 saturated carbocycles. The van der Waals surface area contributed by atoms with Gasteiger partial charge in [-0.15, -0.1) is 11.3 Å². The number of hydrogen-bond acceptors (Lipinski definition) is 5. The van der Waals surface area contributed by atoms with Crippen LogP contribution in [0.25, 0.3) is 0 Å². The van der Waals surface area contributed by atoms with Gasteiger partial charge in [0.1, 0.15) is 11.1 Å². The molecule has 3 aromatic rings. The molecule has 0 bridgehead atoms. The Kier molecular flexibility index (Phi) is 6.80. The number of aryl methyl sites for hydroxylation is 1. The molecule has 0 atom stereocenters. The van der Waals surface area contributed by atoms with Crippen molar-refractivity contribution in [3.63, 3.8) is 0 Å². The Hall–Kier alpha value is -2.54. The average molecular weight is 514 g/mol. The zero-order valence-corrected chi connectivity index (χ0v) is 19.9. The second kappa shape index (κ2) is 9.73. The molecule has 31 heavy (non-hydrogen) atoms. The summed E-state index contributed by atoms with van der Waals surface area (Å²) in [5.74, 6) is -0.289. The molecule has 1 aliphatic carbocycles. The summed E-state index contributed by atoms with van der Waals surface area (Å²) in [6, 6.07) is 9.63. The Balaban J connectivity index is 1.39. The van der Waals surface area contributed by atoms with Crippen LogP contribution in [-0.4, -0.2) is 20.8 Å². The lowest BCUT2D eigenvalue weighted by atomic mass is 10.1. The maximum absolute atomic E-state index is 12.6. The summed E-state index contributed by atoms with van der Waals surface area (Å²) in [6.07, 6.45) is 9.00. The van der Waals surface area contributed by atoms with Gasteiger partial charge in [-0.25, -0.2) is 0 Å². The Morgan fingerprint density at radius 2 is 2.03 bits per heavy atom. The van der Waals surface area contributed by atoms with Crippen LogP contribution in [0.5, 0.6) is 0 Å². The zero-order valence-electron chi connectivity index (χ0n) is 16.7. The third kappa shape index (κ3) is 5.21. The van der Waals surface area contributed by atoms with Crippen LogP contribution in [0.4, 0.5) is 5.00 Å². The molecule has 2 N–H and O–H groups in total. The number of nitrogens with zero attached hydrogens (tertiary/aromatic N) is 3. The van der Waals surface area contributed by atoms with Crippen LogP contribution in [0, 0.1) is 11.3 Å². The van der Waals surface area contributed by atoms with E-state index in [0.717, 1.165) is 46.3 Å². The Labute approximate surface area is 198 Å². The maximum atomic E-state index is 12.6. The van der Waals surface area contributed by atoms with Crippen molar-refractivity contribution >= 4 is 55.5 Å². The Morgan fingerprint density at radius 1 is 1.26 bits per heavy atom. The molecular weight excluding hydrogens is 494 g/mol. The number of nitriles is 1. The number of aromatic nitrogens is 2. The molecule has 1 amide bonds. The minimum atomic E-state index is -0.289. The zero-order chi connectivity index (χ0) is 21.8. The van der Waals surface area contributed by atoms with Crippen molar-refractivity contribution in [2.24, 2.45) is 0 Å². The largest absolute Gasteiger partial charge is 0.323 e. The maximum Gasteiger partial charge on any atom is 0.257 e. The van der Waals surface area contributed by atoms with Crippen LogP contribution in [0.3, 0.4) is 0 Å². The summed E-state index contributed by atoms with van der Waals surface area (Å²) < 4.78 is 2.74. The number of thiophene rings is 1. The quantitative estimate of drug-likeness (QED) is 0.377. The first-order valence-electron chi connectivity index (χ1n) is 9.97. The van der Waals surface area contributed by atoms with Gasteiger partial charge in [-0.1, -0.05) is 18.6 Å². The van der Waals surface area contributed by atoms with E-state index in [4.69, 9.17) is 12.2 Å². The highest BCUT2D eigenvalue weighted by Crippen LogP contribution is 2.36. The fourth-order valence-corrected chi connectivity index (χ4v) is 5.46. The fraction of sp³-hybridized carbons (Fsp3) is 0.273. The number of nitrogens with one attached hydrogen (secondary N) is 2. The SMILES string of the molecule is N#Cc1c(NC(=S)NC(=O)c2ccc(Cn3cc(Br)cn3)cc2)sc2c1CCCCC2. The molecule has 0 aliphatic heterocycles. The van der Waals surface area contributed by atoms with Crippen LogP contribution in [0.1, 0.15) is 51.2 Å². The summed E-state index contributed by atoms with van der Waals surface area (Å²) in [5.41, 5.74) is 3.35. The number of benzene rings is 1. The van der Waals surface area contributed by atoms with Crippen molar-refractivity contribution in [1.29, 1.82) is 5.26 Å². The van der Waals surface area contributed by atoms with Crippen LogP contribution >= 0.6 is 39.5 Å². The van der Waals surface area contributed by atoms with E-state index in [1.807, 2.05) is 23.0 Å². The molecule has 0 unspecified atom stereocenters. The van der Waals surface area contributed by atoms with E-state index < -0.39 is 0 Å². The molecule has 0 fully saturated rings. The van der Waals surface area contributed by atoms with E-state index in [0.29, 0.717) is 17.7 Å². The van der Waals surface area contributed by atoms with Gasteiger partial charge in [-0.3, -0.25) is 14.8 Å². The van der Waals surface area contributed by atoms with E-state index in [1.165, 1.54) is 11.3 Å². The van der Waals surface area contributed by atoms with Gasteiger partial charge in [0.15, 0.2) is 5.11 Å². The Morgan fingerprint density at radius 3 is 2.74 bits per heavy atom. The molecule has 158 valence electrons. The number of rotatable bonds is 4. The predicted octanol–water partition coefficient (Wildman–Crippen LogP) is 5.02. The molecule has 1 aromatic carbocycles. The lowest BCUT2D eigenvalue weighted by molar-refractivity contribution is 0.0977. The summed E-state index contributed by atoms with van der Waals surface area (Å²) in [6.45, 7) is 0.618. The molecule has 0 spiro atoms. The standard InChI is InChI=1S/C22H20BrN5OS2/c23-16-11-25-28(13-16)12-14-6-8-15(9-7-14)20(29)26-22(30)27-21-18(10-24)17-4-2-1-3-5-19(17)31-21/h6-9,11,13H,1-5,12H2,(H2,26,27,29,30). The number of halogens is 1. The van der Waals surface area contributed by atoms with Crippen molar-refractivity contribution < 1.29 is 4.79 Å². The molecular formula is C22H20BrN5OS2. The molecule has 0 saturated heterocycles. The summed E-state index contributed by atoms with van der Waals surface area (Å²) in [7, 11) is 0. The number of carbonyl (C=O) groups is 1. The topological polar surface area (TPSA) is 82.7 Å². The summed E-state index contributed by atoms with van der Waals surface area (Å²) in [4.78, 5) is 13.8. The molecule has 9 heteroatoms. The van der Waals surface area contributed by atoms with Gasteiger partial charge in [-0.05, 0) is 77.1 Å². The number of fused-ring (bicyclic) bond motifs is 1. The molecule has 2 aromatic heterocycles. The van der Waals surface area contributed by atoms with Crippen molar-refractivity contribution in [3.05, 3.63) is 68.3 Å².